The summed E-state index contributed by atoms with van der Waals surface area (Å²) in [6.45, 7) is 5.64. The lowest BCUT2D eigenvalue weighted by atomic mass is 10.2. The zero-order chi connectivity index (χ0) is 12.6. The maximum absolute atomic E-state index is 12.1. The van der Waals surface area contributed by atoms with Crippen molar-refractivity contribution in [2.24, 2.45) is 0 Å². The van der Waals surface area contributed by atoms with Gasteiger partial charge in [0, 0.05) is 17.6 Å². The first-order valence-electron chi connectivity index (χ1n) is 5.42. The van der Waals surface area contributed by atoms with Crippen LogP contribution in [0.5, 0.6) is 0 Å². The lowest BCUT2D eigenvalue weighted by molar-refractivity contribution is 0.560. The van der Waals surface area contributed by atoms with Gasteiger partial charge < -0.3 is 0 Å². The molecule has 0 fully saturated rings. The molecular weight excluding hydrogens is 236 g/mol. The van der Waals surface area contributed by atoms with E-state index >= 15 is 0 Å². The Kier molecular flexibility index (Phi) is 3.02. The summed E-state index contributed by atoms with van der Waals surface area (Å²) in [6.07, 6.45) is 0. The molecule has 0 N–H and O–H groups in total. The lowest BCUT2D eigenvalue weighted by Crippen LogP contribution is -2.29. The van der Waals surface area contributed by atoms with Crippen LogP contribution in [0.15, 0.2) is 33.9 Å². The van der Waals surface area contributed by atoms with Crippen molar-refractivity contribution in [2.45, 2.75) is 26.8 Å². The molecule has 0 aliphatic carbocycles. The molecule has 2 rings (SSSR count). The molecule has 2 aromatic rings. The highest BCUT2D eigenvalue weighted by Gasteiger charge is 2.13. The van der Waals surface area contributed by atoms with Crippen molar-refractivity contribution in [1.82, 2.24) is 8.52 Å². The quantitative estimate of drug-likeness (QED) is 0.817. The number of hydrogen-bond donors (Lipinski definition) is 0. The summed E-state index contributed by atoms with van der Waals surface area (Å²) in [5, 5.41) is 0. The van der Waals surface area contributed by atoms with Gasteiger partial charge in [0.05, 0.1) is 5.69 Å². The second-order valence-electron chi connectivity index (χ2n) is 4.23. The molecule has 0 spiro atoms. The van der Waals surface area contributed by atoms with Gasteiger partial charge in [0.15, 0.2) is 0 Å². The number of nitrogens with zero attached hydrogens (tertiary/aromatic N) is 2. The fraction of sp³-hybridized carbons (Fsp3) is 0.333. The third-order valence-corrected chi connectivity index (χ3v) is 3.43. The van der Waals surface area contributed by atoms with Crippen molar-refractivity contribution in [2.75, 3.05) is 0 Å². The summed E-state index contributed by atoms with van der Waals surface area (Å²) in [7, 11) is 0. The van der Waals surface area contributed by atoms with E-state index < -0.39 is 0 Å². The summed E-state index contributed by atoms with van der Waals surface area (Å²) in [6, 6.07) is 7.42. The minimum absolute atomic E-state index is 0.113. The molecule has 1 aromatic carbocycles. The SMILES string of the molecule is Cc1ccc(-n2sc(=O)n(C(C)C)c2=O)cc1. The molecule has 1 aromatic heterocycles. The normalized spacial score (nSPS) is 11.1. The van der Waals surface area contributed by atoms with E-state index in [4.69, 9.17) is 0 Å². The van der Waals surface area contributed by atoms with Crippen molar-refractivity contribution in [3.8, 4) is 5.69 Å². The van der Waals surface area contributed by atoms with Crippen molar-refractivity contribution in [3.05, 3.63) is 50.0 Å². The van der Waals surface area contributed by atoms with Crippen LogP contribution >= 0.6 is 11.5 Å². The first-order valence-corrected chi connectivity index (χ1v) is 6.20. The van der Waals surface area contributed by atoms with Gasteiger partial charge in [0.25, 0.3) is 0 Å². The van der Waals surface area contributed by atoms with E-state index in [9.17, 15) is 9.59 Å². The molecule has 0 saturated carbocycles. The Morgan fingerprint density at radius 3 is 2.18 bits per heavy atom. The molecule has 0 bridgehead atoms. The highest BCUT2D eigenvalue weighted by Crippen LogP contribution is 2.09. The van der Waals surface area contributed by atoms with E-state index in [-0.39, 0.29) is 16.6 Å². The molecule has 0 aliphatic rings. The van der Waals surface area contributed by atoms with Crippen LogP contribution in [-0.2, 0) is 0 Å². The Hall–Kier alpha value is -1.62. The van der Waals surface area contributed by atoms with Crippen LogP contribution < -0.4 is 10.6 Å². The average Bonchev–Trinajstić information content (AvgIpc) is 2.55. The summed E-state index contributed by atoms with van der Waals surface area (Å²) < 4.78 is 2.70. The third-order valence-electron chi connectivity index (χ3n) is 2.53. The van der Waals surface area contributed by atoms with Gasteiger partial charge in [0.1, 0.15) is 0 Å². The van der Waals surface area contributed by atoms with E-state index in [1.807, 2.05) is 45.0 Å². The van der Waals surface area contributed by atoms with Crippen LogP contribution in [0.3, 0.4) is 0 Å². The summed E-state index contributed by atoms with van der Waals surface area (Å²) in [5.41, 5.74) is 1.60. The minimum atomic E-state index is -0.265. The topological polar surface area (TPSA) is 44.0 Å². The van der Waals surface area contributed by atoms with Crippen molar-refractivity contribution in [3.63, 3.8) is 0 Å². The molecule has 5 heteroatoms. The monoisotopic (exact) mass is 250 g/mol. The van der Waals surface area contributed by atoms with Gasteiger partial charge in [-0.15, -0.1) is 0 Å². The Morgan fingerprint density at radius 2 is 1.71 bits per heavy atom. The number of rotatable bonds is 2. The summed E-state index contributed by atoms with van der Waals surface area (Å²) in [4.78, 5) is 23.5. The molecule has 90 valence electrons. The standard InChI is InChI=1S/C12H14N2O2S/c1-8(2)13-11(15)14(17-12(13)16)10-6-4-9(3)5-7-10/h4-8H,1-3H3. The van der Waals surface area contributed by atoms with Crippen molar-refractivity contribution < 1.29 is 0 Å². The van der Waals surface area contributed by atoms with E-state index in [0.717, 1.165) is 22.8 Å². The number of benzene rings is 1. The van der Waals surface area contributed by atoms with Crippen LogP contribution in [0.4, 0.5) is 0 Å². The van der Waals surface area contributed by atoms with Crippen LogP contribution in [-0.4, -0.2) is 8.52 Å². The van der Waals surface area contributed by atoms with Gasteiger partial charge in [-0.2, -0.15) is 0 Å². The predicted molar refractivity (Wildman–Crippen MR) is 69.3 cm³/mol. The fourth-order valence-electron chi connectivity index (χ4n) is 1.61. The van der Waals surface area contributed by atoms with Gasteiger partial charge in [-0.1, -0.05) is 17.7 Å². The number of aryl methyl sites for hydroxylation is 1. The van der Waals surface area contributed by atoms with Crippen molar-refractivity contribution >= 4 is 11.5 Å². The van der Waals surface area contributed by atoms with Gasteiger partial charge in [-0.25, -0.2) is 13.3 Å². The van der Waals surface area contributed by atoms with E-state index in [1.54, 1.807) is 0 Å². The first kappa shape index (κ1) is 11.9. The van der Waals surface area contributed by atoms with Crippen LogP contribution in [0.25, 0.3) is 5.69 Å². The molecule has 17 heavy (non-hydrogen) atoms. The zero-order valence-corrected chi connectivity index (χ0v) is 10.8. The van der Waals surface area contributed by atoms with E-state index in [0.29, 0.717) is 0 Å². The Morgan fingerprint density at radius 1 is 1.12 bits per heavy atom. The largest absolute Gasteiger partial charge is 0.346 e. The highest BCUT2D eigenvalue weighted by atomic mass is 32.1. The fourth-order valence-corrected chi connectivity index (χ4v) is 2.54. The average molecular weight is 250 g/mol. The molecule has 0 amide bonds. The molecule has 0 unspecified atom stereocenters. The molecule has 1 heterocycles. The first-order chi connectivity index (χ1) is 8.00. The molecule has 0 atom stereocenters. The van der Waals surface area contributed by atoms with Gasteiger partial charge in [-0.3, -0.25) is 4.79 Å². The predicted octanol–water partition coefficient (Wildman–Crippen LogP) is 1.95. The Balaban J connectivity index is 2.62. The third kappa shape index (κ3) is 2.10. The summed E-state index contributed by atoms with van der Waals surface area (Å²) >= 11 is 0.940. The maximum Gasteiger partial charge on any atom is 0.346 e. The summed E-state index contributed by atoms with van der Waals surface area (Å²) in [5.74, 6) is 0. The van der Waals surface area contributed by atoms with Gasteiger partial charge in [-0.05, 0) is 32.9 Å². The van der Waals surface area contributed by atoms with Crippen LogP contribution in [0, 0.1) is 6.92 Å². The van der Waals surface area contributed by atoms with Crippen LogP contribution in [0.2, 0.25) is 0 Å². The minimum Gasteiger partial charge on any atom is -0.255 e. The van der Waals surface area contributed by atoms with Gasteiger partial charge in [0.2, 0.25) is 0 Å². The van der Waals surface area contributed by atoms with E-state index in [1.165, 1.54) is 8.52 Å². The maximum atomic E-state index is 12.1. The van der Waals surface area contributed by atoms with Crippen molar-refractivity contribution in [1.29, 1.82) is 0 Å². The Labute approximate surface area is 103 Å². The molecule has 4 nitrogen and oxygen atoms in total. The molecular formula is C12H14N2O2S. The number of aromatic nitrogens is 2. The second-order valence-corrected chi connectivity index (χ2v) is 5.13. The highest BCUT2D eigenvalue weighted by molar-refractivity contribution is 7.03. The second kappa shape index (κ2) is 4.33. The molecule has 0 aliphatic heterocycles. The lowest BCUT2D eigenvalue weighted by Gasteiger charge is -2.03. The zero-order valence-electron chi connectivity index (χ0n) is 10.0. The molecule has 0 radical (unpaired) electrons. The number of hydrogen-bond acceptors (Lipinski definition) is 3. The van der Waals surface area contributed by atoms with E-state index in [2.05, 4.69) is 0 Å². The Bertz CT molecular complexity index is 632. The van der Waals surface area contributed by atoms with Gasteiger partial charge >= 0.3 is 10.6 Å². The van der Waals surface area contributed by atoms with Crippen LogP contribution in [0.1, 0.15) is 25.5 Å². The smallest absolute Gasteiger partial charge is 0.255 e. The molecule has 0 saturated heterocycles.